The van der Waals surface area contributed by atoms with E-state index in [1.165, 1.54) is 76.8 Å². The van der Waals surface area contributed by atoms with Crippen molar-refractivity contribution in [2.24, 2.45) is 0 Å². The van der Waals surface area contributed by atoms with Crippen molar-refractivity contribution in [1.82, 2.24) is 0 Å². The lowest BCUT2D eigenvalue weighted by Gasteiger charge is -2.29. The number of benzene rings is 10. The molecule has 0 heterocycles. The molecule has 1 heteroatoms. The van der Waals surface area contributed by atoms with Crippen molar-refractivity contribution >= 4 is 49.4 Å². The van der Waals surface area contributed by atoms with E-state index in [-0.39, 0.29) is 0 Å². The standard InChI is InChI=1S/C54H37N/c1-3-14-38(15-4-1)44-30-33-50(41-17-5-2-6-18-41)54(37-44)55(47-31-28-40(29-32-47)43-27-26-39-16-7-8-19-42(39)34-43)48-22-13-21-45(35-48)53-36-46-20-9-10-23-49(46)51-24-11-12-25-52(51)53/h1-37H. The molecule has 258 valence electrons. The lowest BCUT2D eigenvalue weighted by atomic mass is 9.92. The molecular weight excluding hydrogens is 663 g/mol. The maximum absolute atomic E-state index is 2.44. The first kappa shape index (κ1) is 32.4. The van der Waals surface area contributed by atoms with Crippen LogP contribution in [-0.4, -0.2) is 0 Å². The molecule has 0 bridgehead atoms. The smallest absolute Gasteiger partial charge is 0.0546 e. The van der Waals surface area contributed by atoms with E-state index in [0.29, 0.717) is 0 Å². The van der Waals surface area contributed by atoms with Crippen LogP contribution in [0.15, 0.2) is 224 Å². The quantitative estimate of drug-likeness (QED) is 0.150. The van der Waals surface area contributed by atoms with Gasteiger partial charge in [-0.15, -0.1) is 0 Å². The summed E-state index contributed by atoms with van der Waals surface area (Å²) < 4.78 is 0. The van der Waals surface area contributed by atoms with Gasteiger partial charge in [0.1, 0.15) is 0 Å². The van der Waals surface area contributed by atoms with Crippen LogP contribution >= 0.6 is 0 Å². The van der Waals surface area contributed by atoms with Crippen molar-refractivity contribution in [1.29, 1.82) is 0 Å². The second-order valence-corrected chi connectivity index (χ2v) is 14.1. The van der Waals surface area contributed by atoms with Crippen LogP contribution in [0.3, 0.4) is 0 Å². The Morgan fingerprint density at radius 1 is 0.236 bits per heavy atom. The maximum Gasteiger partial charge on any atom is 0.0546 e. The highest BCUT2D eigenvalue weighted by Gasteiger charge is 2.20. The Bertz CT molecular complexity index is 2960. The number of nitrogens with zero attached hydrogens (tertiary/aromatic N) is 1. The normalized spacial score (nSPS) is 11.3. The fraction of sp³-hybridized carbons (Fsp3) is 0. The SMILES string of the molecule is c1ccc(-c2ccc(-c3ccccc3)c(N(c3ccc(-c4ccc5ccccc5c4)cc3)c3cccc(-c4cc5ccccc5c5ccccc45)c3)c2)cc1. The third-order valence-corrected chi connectivity index (χ3v) is 10.8. The fourth-order valence-corrected chi connectivity index (χ4v) is 8.09. The van der Waals surface area contributed by atoms with Gasteiger partial charge in [0.05, 0.1) is 5.69 Å². The Hall–Kier alpha value is -7.22. The van der Waals surface area contributed by atoms with Crippen molar-refractivity contribution in [3.05, 3.63) is 224 Å². The molecule has 0 spiro atoms. The zero-order chi connectivity index (χ0) is 36.6. The Balaban J connectivity index is 1.18. The largest absolute Gasteiger partial charge is 0.310 e. The Morgan fingerprint density at radius 2 is 0.800 bits per heavy atom. The van der Waals surface area contributed by atoms with Gasteiger partial charge in [0.15, 0.2) is 0 Å². The van der Waals surface area contributed by atoms with E-state index < -0.39 is 0 Å². The zero-order valence-electron chi connectivity index (χ0n) is 30.3. The summed E-state index contributed by atoms with van der Waals surface area (Å²) in [7, 11) is 0. The zero-order valence-corrected chi connectivity index (χ0v) is 30.3. The number of hydrogen-bond acceptors (Lipinski definition) is 1. The van der Waals surface area contributed by atoms with Gasteiger partial charge in [-0.25, -0.2) is 0 Å². The van der Waals surface area contributed by atoms with Crippen LogP contribution in [0.5, 0.6) is 0 Å². The van der Waals surface area contributed by atoms with Crippen LogP contribution in [0.25, 0.3) is 76.8 Å². The van der Waals surface area contributed by atoms with E-state index in [0.717, 1.165) is 17.1 Å². The summed E-state index contributed by atoms with van der Waals surface area (Å²) in [5.74, 6) is 0. The van der Waals surface area contributed by atoms with Crippen LogP contribution < -0.4 is 4.90 Å². The van der Waals surface area contributed by atoms with Crippen molar-refractivity contribution < 1.29 is 0 Å². The fourth-order valence-electron chi connectivity index (χ4n) is 8.09. The predicted octanol–water partition coefficient (Wildman–Crippen LogP) is 15.3. The lowest BCUT2D eigenvalue weighted by Crippen LogP contribution is -2.11. The molecule has 0 aliphatic rings. The highest BCUT2D eigenvalue weighted by Crippen LogP contribution is 2.45. The summed E-state index contributed by atoms with van der Waals surface area (Å²) in [6.07, 6.45) is 0. The average molecular weight is 700 g/mol. The molecule has 0 radical (unpaired) electrons. The summed E-state index contributed by atoms with van der Waals surface area (Å²) in [6, 6.07) is 81.6. The van der Waals surface area contributed by atoms with Gasteiger partial charge in [-0.05, 0) is 114 Å². The van der Waals surface area contributed by atoms with E-state index in [1.54, 1.807) is 0 Å². The second-order valence-electron chi connectivity index (χ2n) is 14.1. The summed E-state index contributed by atoms with van der Waals surface area (Å²) in [6.45, 7) is 0. The van der Waals surface area contributed by atoms with Crippen molar-refractivity contribution in [2.75, 3.05) is 4.90 Å². The van der Waals surface area contributed by atoms with Crippen LogP contribution in [-0.2, 0) is 0 Å². The van der Waals surface area contributed by atoms with Gasteiger partial charge in [0, 0.05) is 16.9 Å². The number of hydrogen-bond donors (Lipinski definition) is 0. The molecule has 0 aromatic heterocycles. The molecule has 0 saturated carbocycles. The summed E-state index contributed by atoms with van der Waals surface area (Å²) in [5.41, 5.74) is 12.8. The number of anilines is 3. The molecule has 0 unspecified atom stereocenters. The lowest BCUT2D eigenvalue weighted by molar-refractivity contribution is 1.28. The molecule has 0 aliphatic carbocycles. The third kappa shape index (κ3) is 6.12. The molecular formula is C54H37N. The van der Waals surface area contributed by atoms with Gasteiger partial charge < -0.3 is 4.90 Å². The summed E-state index contributed by atoms with van der Waals surface area (Å²) in [4.78, 5) is 2.44. The summed E-state index contributed by atoms with van der Waals surface area (Å²) in [5, 5.41) is 7.53. The highest BCUT2D eigenvalue weighted by molar-refractivity contribution is 6.14. The molecule has 10 aromatic rings. The first-order chi connectivity index (χ1) is 27.3. The first-order valence-corrected chi connectivity index (χ1v) is 18.9. The number of fused-ring (bicyclic) bond motifs is 4. The molecule has 0 atom stereocenters. The van der Waals surface area contributed by atoms with Crippen LogP contribution in [0.2, 0.25) is 0 Å². The molecule has 1 nitrogen and oxygen atoms in total. The number of rotatable bonds is 7. The van der Waals surface area contributed by atoms with Crippen molar-refractivity contribution in [2.45, 2.75) is 0 Å². The predicted molar refractivity (Wildman–Crippen MR) is 235 cm³/mol. The second kappa shape index (κ2) is 14.0. The Kier molecular flexibility index (Phi) is 8.24. The van der Waals surface area contributed by atoms with Gasteiger partial charge >= 0.3 is 0 Å². The van der Waals surface area contributed by atoms with Crippen molar-refractivity contribution in [3.63, 3.8) is 0 Å². The molecule has 0 fully saturated rings. The van der Waals surface area contributed by atoms with Gasteiger partial charge in [-0.2, -0.15) is 0 Å². The Labute approximate surface area is 322 Å². The monoisotopic (exact) mass is 699 g/mol. The minimum absolute atomic E-state index is 1.09. The van der Waals surface area contributed by atoms with Crippen LogP contribution in [0.1, 0.15) is 0 Å². The Morgan fingerprint density at radius 3 is 1.58 bits per heavy atom. The first-order valence-electron chi connectivity index (χ1n) is 18.9. The van der Waals surface area contributed by atoms with E-state index >= 15 is 0 Å². The highest BCUT2D eigenvalue weighted by atomic mass is 15.1. The average Bonchev–Trinajstić information content (AvgIpc) is 3.27. The molecule has 0 aliphatic heterocycles. The minimum atomic E-state index is 1.09. The third-order valence-electron chi connectivity index (χ3n) is 10.8. The minimum Gasteiger partial charge on any atom is -0.310 e. The topological polar surface area (TPSA) is 3.24 Å². The molecule has 0 saturated heterocycles. The van der Waals surface area contributed by atoms with Gasteiger partial charge in [0.25, 0.3) is 0 Å². The maximum atomic E-state index is 2.44. The van der Waals surface area contributed by atoms with E-state index in [2.05, 4.69) is 229 Å². The summed E-state index contributed by atoms with van der Waals surface area (Å²) >= 11 is 0. The van der Waals surface area contributed by atoms with E-state index in [9.17, 15) is 0 Å². The van der Waals surface area contributed by atoms with Gasteiger partial charge in [0.2, 0.25) is 0 Å². The van der Waals surface area contributed by atoms with Crippen LogP contribution in [0, 0.1) is 0 Å². The van der Waals surface area contributed by atoms with E-state index in [4.69, 9.17) is 0 Å². The molecule has 10 aromatic carbocycles. The van der Waals surface area contributed by atoms with Gasteiger partial charge in [-0.1, -0.05) is 182 Å². The molecule has 55 heavy (non-hydrogen) atoms. The van der Waals surface area contributed by atoms with Crippen molar-refractivity contribution in [3.8, 4) is 44.5 Å². The molecule has 0 N–H and O–H groups in total. The van der Waals surface area contributed by atoms with Crippen LogP contribution in [0.4, 0.5) is 17.1 Å². The van der Waals surface area contributed by atoms with E-state index in [1.807, 2.05) is 0 Å². The molecule has 0 amide bonds. The van der Waals surface area contributed by atoms with Gasteiger partial charge in [-0.3, -0.25) is 0 Å². The molecule has 10 rings (SSSR count).